The fourth-order valence-corrected chi connectivity index (χ4v) is 3.95. The Morgan fingerprint density at radius 1 is 1.10 bits per heavy atom. The van der Waals surface area contributed by atoms with Gasteiger partial charge in [-0.15, -0.1) is 0 Å². The lowest BCUT2D eigenvalue weighted by molar-refractivity contribution is -0.133. The molecule has 7 nitrogen and oxygen atoms in total. The van der Waals surface area contributed by atoms with Crippen molar-refractivity contribution in [3.63, 3.8) is 0 Å². The number of anilines is 2. The molecule has 1 saturated heterocycles. The first kappa shape index (κ1) is 19.4. The molecule has 2 aliphatic heterocycles. The minimum Gasteiger partial charge on any atom is -0.464 e. The third kappa shape index (κ3) is 2.97. The van der Waals surface area contributed by atoms with Gasteiger partial charge in [0, 0.05) is 10.0 Å². The molecule has 29 heavy (non-hydrogen) atoms. The van der Waals surface area contributed by atoms with E-state index < -0.39 is 29.7 Å². The lowest BCUT2D eigenvalue weighted by Crippen LogP contribution is -2.39. The normalized spacial score (nSPS) is 20.8. The molecule has 2 aromatic carbocycles. The molecule has 9 heteroatoms. The number of hydrogen-bond donors (Lipinski definition) is 0. The minimum atomic E-state index is -1.09. The lowest BCUT2D eigenvalue weighted by atomic mass is 9.98. The van der Waals surface area contributed by atoms with Crippen LogP contribution in [0.4, 0.5) is 11.4 Å². The van der Waals surface area contributed by atoms with Crippen molar-refractivity contribution >= 4 is 58.1 Å². The highest BCUT2D eigenvalue weighted by Gasteiger charge is 2.59. The SMILES string of the molecule is COC(=O)C1=NN(c2cccc(Cl)c2)[C@@H]2C(=O)N(c3cccc(Cl)c3C)C(=O)[C@H]12. The van der Waals surface area contributed by atoms with Crippen LogP contribution in [-0.2, 0) is 19.1 Å². The van der Waals surface area contributed by atoms with Crippen molar-refractivity contribution in [1.82, 2.24) is 0 Å². The maximum atomic E-state index is 13.3. The molecule has 0 saturated carbocycles. The van der Waals surface area contributed by atoms with Crippen LogP contribution in [0.25, 0.3) is 0 Å². The van der Waals surface area contributed by atoms with E-state index in [4.69, 9.17) is 27.9 Å². The summed E-state index contributed by atoms with van der Waals surface area (Å²) in [6.45, 7) is 1.72. The zero-order chi connectivity index (χ0) is 20.9. The first-order valence-electron chi connectivity index (χ1n) is 8.69. The van der Waals surface area contributed by atoms with Crippen molar-refractivity contribution in [2.24, 2.45) is 11.0 Å². The Morgan fingerprint density at radius 2 is 1.83 bits per heavy atom. The van der Waals surface area contributed by atoms with Gasteiger partial charge in [0.2, 0.25) is 5.91 Å². The number of halogens is 2. The third-order valence-corrected chi connectivity index (χ3v) is 5.64. The van der Waals surface area contributed by atoms with Crippen LogP contribution in [0.2, 0.25) is 10.0 Å². The third-order valence-electron chi connectivity index (χ3n) is 5.00. The van der Waals surface area contributed by atoms with E-state index in [1.807, 2.05) is 0 Å². The van der Waals surface area contributed by atoms with E-state index in [9.17, 15) is 14.4 Å². The number of imide groups is 1. The summed E-state index contributed by atoms with van der Waals surface area (Å²) in [6, 6.07) is 10.6. The fraction of sp³-hybridized carbons (Fsp3) is 0.200. The number of carbonyl (C=O) groups is 3. The van der Waals surface area contributed by atoms with Gasteiger partial charge >= 0.3 is 5.97 Å². The van der Waals surface area contributed by atoms with Crippen LogP contribution in [0.3, 0.4) is 0 Å². The van der Waals surface area contributed by atoms with Crippen molar-refractivity contribution in [2.45, 2.75) is 13.0 Å². The van der Waals surface area contributed by atoms with E-state index in [0.717, 1.165) is 4.90 Å². The van der Waals surface area contributed by atoms with Gasteiger partial charge in [-0.3, -0.25) is 14.6 Å². The highest BCUT2D eigenvalue weighted by molar-refractivity contribution is 6.47. The molecular formula is C20H15Cl2N3O4. The van der Waals surface area contributed by atoms with E-state index in [-0.39, 0.29) is 5.71 Å². The lowest BCUT2D eigenvalue weighted by Gasteiger charge is -2.23. The van der Waals surface area contributed by atoms with Gasteiger partial charge in [-0.1, -0.05) is 35.3 Å². The molecule has 2 heterocycles. The van der Waals surface area contributed by atoms with Gasteiger partial charge in [0.15, 0.2) is 5.71 Å². The summed E-state index contributed by atoms with van der Waals surface area (Å²) in [5.74, 6) is -2.92. The number of methoxy groups -OCH3 is 1. The Hall–Kier alpha value is -2.90. The Morgan fingerprint density at radius 3 is 2.52 bits per heavy atom. The second kappa shape index (κ2) is 7.17. The molecule has 0 radical (unpaired) electrons. The van der Waals surface area contributed by atoms with Crippen molar-refractivity contribution in [3.05, 3.63) is 58.1 Å². The zero-order valence-corrected chi connectivity index (χ0v) is 16.9. The summed E-state index contributed by atoms with van der Waals surface area (Å²) in [5, 5.41) is 6.45. The van der Waals surface area contributed by atoms with Gasteiger partial charge in [-0.05, 0) is 42.8 Å². The highest BCUT2D eigenvalue weighted by atomic mass is 35.5. The first-order valence-corrected chi connectivity index (χ1v) is 9.45. The number of amides is 2. The second-order valence-corrected chi connectivity index (χ2v) is 7.46. The van der Waals surface area contributed by atoms with Gasteiger partial charge in [0.1, 0.15) is 12.0 Å². The number of fused-ring (bicyclic) bond motifs is 1. The van der Waals surface area contributed by atoms with Crippen LogP contribution in [-0.4, -0.2) is 36.6 Å². The van der Waals surface area contributed by atoms with Crippen molar-refractivity contribution in [2.75, 3.05) is 17.0 Å². The van der Waals surface area contributed by atoms with Crippen molar-refractivity contribution < 1.29 is 19.1 Å². The van der Waals surface area contributed by atoms with Gasteiger partial charge in [0.25, 0.3) is 5.91 Å². The van der Waals surface area contributed by atoms with Crippen LogP contribution in [0, 0.1) is 12.8 Å². The zero-order valence-electron chi connectivity index (χ0n) is 15.4. The second-order valence-electron chi connectivity index (χ2n) is 6.62. The molecule has 1 fully saturated rings. The molecule has 0 N–H and O–H groups in total. The molecule has 2 aromatic rings. The predicted molar refractivity (Wildman–Crippen MR) is 109 cm³/mol. The van der Waals surface area contributed by atoms with Gasteiger partial charge < -0.3 is 4.74 Å². The molecule has 0 aromatic heterocycles. The Balaban J connectivity index is 1.84. The smallest absolute Gasteiger partial charge is 0.355 e. The number of nitrogens with zero attached hydrogens (tertiary/aromatic N) is 3. The van der Waals surface area contributed by atoms with Crippen LogP contribution in [0.5, 0.6) is 0 Å². The monoisotopic (exact) mass is 431 g/mol. The molecule has 0 bridgehead atoms. The average Bonchev–Trinajstić information content (AvgIpc) is 3.21. The summed E-state index contributed by atoms with van der Waals surface area (Å²) in [4.78, 5) is 40.0. The molecule has 4 rings (SSSR count). The van der Waals surface area contributed by atoms with Crippen LogP contribution in [0.1, 0.15) is 5.56 Å². The number of carbonyl (C=O) groups excluding carboxylic acids is 3. The van der Waals surface area contributed by atoms with Gasteiger partial charge in [-0.2, -0.15) is 5.10 Å². The molecule has 2 atom stereocenters. The standard InChI is InChI=1S/C20H15Cl2N3O4/c1-10-13(22)7-4-8-14(10)24-18(26)15-16(20(28)29-2)23-25(17(15)19(24)27)12-6-3-5-11(21)9-12/h3-9,15,17H,1-2H3/t15-,17+/m1/s1. The molecule has 2 amide bonds. The van der Waals surface area contributed by atoms with Gasteiger partial charge in [-0.25, -0.2) is 9.69 Å². The van der Waals surface area contributed by atoms with Crippen molar-refractivity contribution in [1.29, 1.82) is 0 Å². The molecule has 0 unspecified atom stereocenters. The maximum Gasteiger partial charge on any atom is 0.355 e. The Labute approximate surface area is 176 Å². The summed E-state index contributed by atoms with van der Waals surface area (Å²) in [5.41, 5.74) is 1.31. The number of benzene rings is 2. The number of hydrazone groups is 1. The molecule has 148 valence electrons. The summed E-state index contributed by atoms with van der Waals surface area (Å²) < 4.78 is 4.79. The van der Waals surface area contributed by atoms with Crippen LogP contribution in [0.15, 0.2) is 47.6 Å². The molecule has 0 spiro atoms. The Kier molecular flexibility index (Phi) is 4.80. The predicted octanol–water partition coefficient (Wildman–Crippen LogP) is 3.21. The average molecular weight is 432 g/mol. The van der Waals surface area contributed by atoms with E-state index in [1.165, 1.54) is 12.1 Å². The van der Waals surface area contributed by atoms with E-state index in [1.54, 1.807) is 49.4 Å². The molecular weight excluding hydrogens is 417 g/mol. The number of esters is 1. The molecule has 2 aliphatic rings. The van der Waals surface area contributed by atoms with Gasteiger partial charge in [0.05, 0.1) is 18.5 Å². The first-order chi connectivity index (χ1) is 13.8. The van der Waals surface area contributed by atoms with Crippen molar-refractivity contribution in [3.8, 4) is 0 Å². The van der Waals surface area contributed by atoms with E-state index in [0.29, 0.717) is 27.0 Å². The number of hydrogen-bond acceptors (Lipinski definition) is 6. The number of ether oxygens (including phenoxy) is 1. The summed E-state index contributed by atoms with van der Waals surface area (Å²) in [6.07, 6.45) is 0. The van der Waals surface area contributed by atoms with E-state index in [2.05, 4.69) is 5.10 Å². The largest absolute Gasteiger partial charge is 0.464 e. The quantitative estimate of drug-likeness (QED) is 0.550. The maximum absolute atomic E-state index is 13.3. The molecule has 0 aliphatic carbocycles. The highest BCUT2D eigenvalue weighted by Crippen LogP contribution is 2.40. The topological polar surface area (TPSA) is 79.3 Å². The minimum absolute atomic E-state index is 0.127. The van der Waals surface area contributed by atoms with Crippen LogP contribution >= 0.6 is 23.2 Å². The fourth-order valence-electron chi connectivity index (χ4n) is 3.60. The van der Waals surface area contributed by atoms with E-state index >= 15 is 0 Å². The Bertz CT molecular complexity index is 1090. The summed E-state index contributed by atoms with van der Waals surface area (Å²) >= 11 is 12.3. The summed E-state index contributed by atoms with van der Waals surface area (Å²) in [7, 11) is 1.20. The van der Waals surface area contributed by atoms with Crippen LogP contribution < -0.4 is 9.91 Å². The number of rotatable bonds is 3.